The van der Waals surface area contributed by atoms with E-state index in [-0.39, 0.29) is 11.3 Å². The summed E-state index contributed by atoms with van der Waals surface area (Å²) in [5.41, 5.74) is 3.65. The van der Waals surface area contributed by atoms with Crippen molar-refractivity contribution in [1.82, 2.24) is 14.8 Å². The number of anilines is 1. The molecule has 0 radical (unpaired) electrons. The molecule has 188 valence electrons. The number of aryl methyl sites for hydroxylation is 1. The summed E-state index contributed by atoms with van der Waals surface area (Å²) in [5, 5.41) is 7.86. The zero-order chi connectivity index (χ0) is 24.7. The first-order valence-electron chi connectivity index (χ1n) is 13.1. The fraction of sp³-hybridized carbons (Fsp3) is 0.483. The third kappa shape index (κ3) is 4.41. The lowest BCUT2D eigenvalue weighted by Crippen LogP contribution is -2.51. The molecule has 0 saturated heterocycles. The summed E-state index contributed by atoms with van der Waals surface area (Å²) in [7, 11) is 1.64. The summed E-state index contributed by atoms with van der Waals surface area (Å²) in [6.45, 7) is 2.90. The number of nitrogens with one attached hydrogen (secondary N) is 1. The van der Waals surface area contributed by atoms with Gasteiger partial charge in [0.15, 0.2) is 5.82 Å². The first-order chi connectivity index (χ1) is 17.5. The van der Waals surface area contributed by atoms with Crippen LogP contribution in [0.25, 0.3) is 17.1 Å². The van der Waals surface area contributed by atoms with Gasteiger partial charge in [0.2, 0.25) is 5.91 Å². The first kappa shape index (κ1) is 23.2. The highest BCUT2D eigenvalue weighted by Crippen LogP contribution is 2.60. The maximum Gasteiger partial charge on any atom is 0.336 e. The summed E-state index contributed by atoms with van der Waals surface area (Å²) in [6.07, 6.45) is 7.19. The van der Waals surface area contributed by atoms with Crippen LogP contribution >= 0.6 is 0 Å². The number of carbonyl (C=O) groups excluding carboxylic acids is 1. The Bertz CT molecular complexity index is 1200. The molecule has 7 rings (SSSR count). The monoisotopic (exact) mass is 486 g/mol. The highest BCUT2D eigenvalue weighted by Gasteiger charge is 2.54. The van der Waals surface area contributed by atoms with Crippen molar-refractivity contribution in [3.63, 3.8) is 0 Å². The molecule has 0 unspecified atom stereocenters. The molecular weight excluding hydrogens is 452 g/mol. The minimum absolute atomic E-state index is 0.160. The van der Waals surface area contributed by atoms with Crippen molar-refractivity contribution in [3.05, 3.63) is 54.1 Å². The number of benzene rings is 2. The molecule has 7 nitrogen and oxygen atoms in total. The second kappa shape index (κ2) is 9.36. The van der Waals surface area contributed by atoms with Crippen LogP contribution in [0.4, 0.5) is 5.69 Å². The number of hydrogen-bond acceptors (Lipinski definition) is 5. The summed E-state index contributed by atoms with van der Waals surface area (Å²) in [5.74, 6) is 3.16. The molecule has 0 aliphatic heterocycles. The number of aromatic nitrogens is 3. The number of methoxy groups -OCH3 is 1. The van der Waals surface area contributed by atoms with Crippen molar-refractivity contribution in [2.45, 2.75) is 45.4 Å². The Balaban J connectivity index is 1.23. The van der Waals surface area contributed by atoms with Gasteiger partial charge in [0.05, 0.1) is 17.7 Å². The van der Waals surface area contributed by atoms with Gasteiger partial charge < -0.3 is 14.8 Å². The van der Waals surface area contributed by atoms with Gasteiger partial charge in [-0.2, -0.15) is 4.98 Å². The molecule has 2 aromatic carbocycles. The summed E-state index contributed by atoms with van der Waals surface area (Å²) in [4.78, 5) is 18.1. The van der Waals surface area contributed by atoms with E-state index in [9.17, 15) is 4.79 Å². The largest absolute Gasteiger partial charge is 0.460 e. The van der Waals surface area contributed by atoms with E-state index < -0.39 is 0 Å². The van der Waals surface area contributed by atoms with Crippen LogP contribution in [0.1, 0.15) is 44.1 Å². The Morgan fingerprint density at radius 1 is 0.972 bits per heavy atom. The Labute approximate surface area is 212 Å². The Morgan fingerprint density at radius 3 is 2.22 bits per heavy atom. The van der Waals surface area contributed by atoms with Gasteiger partial charge in [0.25, 0.3) is 0 Å². The van der Waals surface area contributed by atoms with Crippen molar-refractivity contribution in [1.29, 1.82) is 0 Å². The molecule has 0 atom stereocenters. The number of amides is 1. The second-order valence-electron chi connectivity index (χ2n) is 11.0. The van der Waals surface area contributed by atoms with Gasteiger partial charge in [0, 0.05) is 18.4 Å². The van der Waals surface area contributed by atoms with Crippen LogP contribution in [0, 0.1) is 30.1 Å². The van der Waals surface area contributed by atoms with E-state index in [1.807, 2.05) is 36.4 Å². The molecule has 4 saturated carbocycles. The SMILES string of the molecule is COCCOc1nc(-c2ccc(C)cc2)n(-c2ccc(NC(=O)C34CC5CC(CC(C5)C3)C4)cc2)n1. The van der Waals surface area contributed by atoms with Crippen LogP contribution in [0.3, 0.4) is 0 Å². The molecule has 1 aromatic heterocycles. The van der Waals surface area contributed by atoms with Crippen LogP contribution in [0.15, 0.2) is 48.5 Å². The molecule has 4 aliphatic rings. The first-order valence-corrected chi connectivity index (χ1v) is 13.1. The smallest absolute Gasteiger partial charge is 0.336 e. The molecule has 4 fully saturated rings. The molecule has 4 aliphatic carbocycles. The highest BCUT2D eigenvalue weighted by molar-refractivity contribution is 5.95. The molecule has 1 heterocycles. The van der Waals surface area contributed by atoms with Crippen LogP contribution in [0.2, 0.25) is 0 Å². The topological polar surface area (TPSA) is 78.3 Å². The van der Waals surface area contributed by atoms with Crippen LogP contribution in [-0.4, -0.2) is 41.0 Å². The predicted molar refractivity (Wildman–Crippen MR) is 138 cm³/mol. The zero-order valence-electron chi connectivity index (χ0n) is 21.1. The maximum atomic E-state index is 13.5. The lowest BCUT2D eigenvalue weighted by Gasteiger charge is -2.55. The Hall–Kier alpha value is -3.19. The number of nitrogens with zero attached hydrogens (tertiary/aromatic N) is 3. The maximum absolute atomic E-state index is 13.5. The number of rotatable bonds is 8. The third-order valence-electron chi connectivity index (χ3n) is 8.31. The minimum atomic E-state index is -0.160. The molecule has 7 heteroatoms. The average Bonchev–Trinajstić information content (AvgIpc) is 3.28. The fourth-order valence-electron chi connectivity index (χ4n) is 6.98. The highest BCUT2D eigenvalue weighted by atomic mass is 16.5. The van der Waals surface area contributed by atoms with Gasteiger partial charge in [-0.3, -0.25) is 4.79 Å². The van der Waals surface area contributed by atoms with Crippen molar-refractivity contribution in [2.75, 3.05) is 25.6 Å². The lowest BCUT2D eigenvalue weighted by molar-refractivity contribution is -0.140. The summed E-state index contributed by atoms with van der Waals surface area (Å²) >= 11 is 0. The van der Waals surface area contributed by atoms with E-state index in [1.54, 1.807) is 11.8 Å². The van der Waals surface area contributed by atoms with Crippen molar-refractivity contribution in [3.8, 4) is 23.1 Å². The second-order valence-corrected chi connectivity index (χ2v) is 11.0. The van der Waals surface area contributed by atoms with E-state index in [1.165, 1.54) is 24.8 Å². The van der Waals surface area contributed by atoms with Gasteiger partial charge in [-0.15, -0.1) is 5.10 Å². The van der Waals surface area contributed by atoms with E-state index in [0.717, 1.165) is 54.0 Å². The lowest BCUT2D eigenvalue weighted by atomic mass is 9.49. The van der Waals surface area contributed by atoms with E-state index in [2.05, 4.69) is 34.5 Å². The van der Waals surface area contributed by atoms with Crippen molar-refractivity contribution in [2.24, 2.45) is 23.2 Å². The number of carbonyl (C=O) groups is 1. The molecular formula is C29H34N4O3. The van der Waals surface area contributed by atoms with Crippen LogP contribution in [-0.2, 0) is 9.53 Å². The molecule has 1 N–H and O–H groups in total. The molecule has 1 amide bonds. The van der Waals surface area contributed by atoms with Gasteiger partial charge in [-0.05, 0) is 87.5 Å². The third-order valence-corrected chi connectivity index (χ3v) is 8.31. The summed E-state index contributed by atoms with van der Waals surface area (Å²) in [6, 6.07) is 16.4. The normalized spacial score (nSPS) is 26.2. The van der Waals surface area contributed by atoms with Crippen LogP contribution < -0.4 is 10.1 Å². The van der Waals surface area contributed by atoms with Crippen molar-refractivity contribution < 1.29 is 14.3 Å². The molecule has 36 heavy (non-hydrogen) atoms. The van der Waals surface area contributed by atoms with Gasteiger partial charge in [0.1, 0.15) is 6.61 Å². The predicted octanol–water partition coefficient (Wildman–Crippen LogP) is 5.42. The van der Waals surface area contributed by atoms with E-state index in [4.69, 9.17) is 9.47 Å². The quantitative estimate of drug-likeness (QED) is 0.430. The number of hydrogen-bond donors (Lipinski definition) is 1. The molecule has 0 spiro atoms. The zero-order valence-corrected chi connectivity index (χ0v) is 21.1. The van der Waals surface area contributed by atoms with Crippen LogP contribution in [0.5, 0.6) is 6.01 Å². The van der Waals surface area contributed by atoms with E-state index in [0.29, 0.717) is 25.0 Å². The average molecular weight is 487 g/mol. The van der Waals surface area contributed by atoms with Crippen molar-refractivity contribution >= 4 is 11.6 Å². The Morgan fingerprint density at radius 2 is 1.61 bits per heavy atom. The minimum Gasteiger partial charge on any atom is -0.460 e. The standard InChI is InChI=1S/C29H34N4O3/c1-19-3-5-23(6-4-19)26-31-28(36-12-11-35-2)32-33(26)25-9-7-24(8-10-25)30-27(34)29-16-20-13-21(17-29)15-22(14-20)18-29/h3-10,20-22H,11-18H2,1-2H3,(H,30,34). The van der Waals surface area contributed by atoms with Gasteiger partial charge in [-0.25, -0.2) is 4.68 Å². The Kier molecular flexibility index (Phi) is 6.04. The van der Waals surface area contributed by atoms with Gasteiger partial charge >= 0.3 is 6.01 Å². The molecule has 3 aromatic rings. The molecule has 4 bridgehead atoms. The summed E-state index contributed by atoms with van der Waals surface area (Å²) < 4.78 is 12.6. The van der Waals surface area contributed by atoms with E-state index >= 15 is 0 Å². The van der Waals surface area contributed by atoms with Gasteiger partial charge in [-0.1, -0.05) is 29.8 Å². The fourth-order valence-corrected chi connectivity index (χ4v) is 6.98. The number of ether oxygens (including phenoxy) is 2.